The van der Waals surface area contributed by atoms with Crippen LogP contribution < -0.4 is 11.1 Å². The quantitative estimate of drug-likeness (QED) is 0.195. The van der Waals surface area contributed by atoms with Crippen LogP contribution in [-0.4, -0.2) is 67.2 Å². The molecule has 3 aromatic rings. The number of fused-ring (bicyclic) bond motifs is 1. The summed E-state index contributed by atoms with van der Waals surface area (Å²) >= 11 is 0. The van der Waals surface area contributed by atoms with Gasteiger partial charge in [0.25, 0.3) is 0 Å². The summed E-state index contributed by atoms with van der Waals surface area (Å²) in [5.74, 6) is -0.652. The Balaban J connectivity index is 1.36. The van der Waals surface area contributed by atoms with Gasteiger partial charge in [-0.25, -0.2) is 0 Å². The van der Waals surface area contributed by atoms with Crippen molar-refractivity contribution < 1.29 is 23.9 Å². The number of amides is 2. The summed E-state index contributed by atoms with van der Waals surface area (Å²) in [4.78, 5) is 38.5. The Labute approximate surface area is 242 Å². The third-order valence-corrected chi connectivity index (χ3v) is 7.87. The molecule has 2 heterocycles. The molecule has 2 amide bonds. The lowest BCUT2D eigenvalue weighted by atomic mass is 9.91. The van der Waals surface area contributed by atoms with Gasteiger partial charge in [0.15, 0.2) is 0 Å². The highest BCUT2D eigenvalue weighted by molar-refractivity contribution is 6.01. The van der Waals surface area contributed by atoms with Crippen LogP contribution in [0.1, 0.15) is 54.8 Å². The lowest BCUT2D eigenvalue weighted by molar-refractivity contribution is -0.142. The maximum absolute atomic E-state index is 13.4. The second-order valence-corrected chi connectivity index (χ2v) is 10.9. The number of nitrogens with one attached hydrogen (secondary N) is 1. The highest BCUT2D eigenvalue weighted by Gasteiger charge is 2.29. The number of likely N-dealkylation sites (tertiary alicyclic amines) is 1. The van der Waals surface area contributed by atoms with E-state index in [-0.39, 0.29) is 30.7 Å². The Morgan fingerprint density at radius 1 is 1.10 bits per heavy atom. The van der Waals surface area contributed by atoms with E-state index in [9.17, 15) is 14.4 Å². The zero-order chi connectivity index (χ0) is 29.4. The second kappa shape index (κ2) is 14.3. The molecule has 0 bridgehead atoms. The molecule has 41 heavy (non-hydrogen) atoms. The summed E-state index contributed by atoms with van der Waals surface area (Å²) in [6, 6.07) is 15.5. The number of hydrogen-bond donors (Lipinski definition) is 2. The molecule has 4 rings (SSSR count). The van der Waals surface area contributed by atoms with Gasteiger partial charge in [0, 0.05) is 74.0 Å². The van der Waals surface area contributed by atoms with E-state index >= 15 is 0 Å². The van der Waals surface area contributed by atoms with Crippen LogP contribution in [0.4, 0.5) is 5.69 Å². The number of hydrogen-bond acceptors (Lipinski definition) is 6. The third kappa shape index (κ3) is 7.74. The number of aromatic nitrogens is 1. The molecule has 0 spiro atoms. The number of methoxy groups -OCH3 is 2. The van der Waals surface area contributed by atoms with Gasteiger partial charge >= 0.3 is 5.97 Å². The zero-order valence-electron chi connectivity index (χ0n) is 24.4. The van der Waals surface area contributed by atoms with Crippen LogP contribution >= 0.6 is 0 Å². The standard InChI is InChI=1S/C32H42N4O5/c1-22-27-9-4-5-10-28(27)36(16-7-17-40-2)32(22)24-8-6-15-35(21-24)30(38)19-25(33)18-23-11-13-26(14-12-23)34-29(37)20-31(39)41-3/h4-5,9-14,24-25H,6-8,15-21,33H2,1-3H3,(H,34,37)/t24?,25-/m1/s1. The summed E-state index contributed by atoms with van der Waals surface area (Å²) in [6.45, 7) is 5.26. The average molecular weight is 563 g/mol. The zero-order valence-corrected chi connectivity index (χ0v) is 24.4. The maximum Gasteiger partial charge on any atom is 0.315 e. The number of anilines is 1. The number of piperidine rings is 1. The van der Waals surface area contributed by atoms with Gasteiger partial charge in [0.05, 0.1) is 7.11 Å². The number of esters is 1. The van der Waals surface area contributed by atoms with Crippen LogP contribution in [0.25, 0.3) is 10.9 Å². The summed E-state index contributed by atoms with van der Waals surface area (Å²) in [5.41, 5.74) is 11.9. The molecule has 1 aliphatic rings. The van der Waals surface area contributed by atoms with Gasteiger partial charge in [-0.15, -0.1) is 0 Å². The van der Waals surface area contributed by atoms with Gasteiger partial charge in [-0.3, -0.25) is 14.4 Å². The topological polar surface area (TPSA) is 116 Å². The van der Waals surface area contributed by atoms with Crippen LogP contribution in [-0.2, 0) is 36.8 Å². The molecule has 2 atom stereocenters. The van der Waals surface area contributed by atoms with Crippen LogP contribution in [0.3, 0.4) is 0 Å². The fraction of sp³-hybridized carbons (Fsp3) is 0.469. The van der Waals surface area contributed by atoms with E-state index in [1.54, 1.807) is 19.2 Å². The van der Waals surface area contributed by atoms with E-state index in [0.29, 0.717) is 25.3 Å². The molecule has 2 aromatic carbocycles. The number of rotatable bonds is 12. The molecule has 220 valence electrons. The molecule has 9 heteroatoms. The lowest BCUT2D eigenvalue weighted by Gasteiger charge is -2.34. The number of carbonyl (C=O) groups excluding carboxylic acids is 3. The predicted octanol–water partition coefficient (Wildman–Crippen LogP) is 4.15. The minimum absolute atomic E-state index is 0.0913. The van der Waals surface area contributed by atoms with E-state index in [4.69, 9.17) is 10.5 Å². The maximum atomic E-state index is 13.4. The number of para-hydroxylation sites is 1. The van der Waals surface area contributed by atoms with Crippen molar-refractivity contribution in [2.24, 2.45) is 5.73 Å². The molecule has 1 saturated heterocycles. The van der Waals surface area contributed by atoms with Crippen LogP contribution in [0, 0.1) is 6.92 Å². The van der Waals surface area contributed by atoms with E-state index < -0.39 is 11.9 Å². The molecule has 9 nitrogen and oxygen atoms in total. The minimum atomic E-state index is -0.589. The van der Waals surface area contributed by atoms with E-state index in [2.05, 4.69) is 45.8 Å². The van der Waals surface area contributed by atoms with Gasteiger partial charge in [-0.1, -0.05) is 30.3 Å². The first-order valence-corrected chi connectivity index (χ1v) is 14.4. The lowest BCUT2D eigenvalue weighted by Crippen LogP contribution is -2.42. The van der Waals surface area contributed by atoms with Crippen molar-refractivity contribution in [2.45, 2.75) is 64.0 Å². The Morgan fingerprint density at radius 2 is 1.85 bits per heavy atom. The average Bonchev–Trinajstić information content (AvgIpc) is 3.25. The first-order chi connectivity index (χ1) is 19.8. The fourth-order valence-electron chi connectivity index (χ4n) is 5.92. The summed E-state index contributed by atoms with van der Waals surface area (Å²) < 4.78 is 12.3. The van der Waals surface area contributed by atoms with Crippen molar-refractivity contribution in [1.82, 2.24) is 9.47 Å². The fourth-order valence-corrected chi connectivity index (χ4v) is 5.92. The van der Waals surface area contributed by atoms with Crippen molar-refractivity contribution in [3.63, 3.8) is 0 Å². The van der Waals surface area contributed by atoms with Gasteiger partial charge in [0.2, 0.25) is 11.8 Å². The first kappa shape index (κ1) is 30.3. The Morgan fingerprint density at radius 3 is 2.59 bits per heavy atom. The summed E-state index contributed by atoms with van der Waals surface area (Å²) in [7, 11) is 2.98. The molecule has 0 aliphatic carbocycles. The Bertz CT molecular complexity index is 1350. The molecule has 3 N–H and O–H groups in total. The van der Waals surface area contributed by atoms with Crippen LogP contribution in [0.15, 0.2) is 48.5 Å². The normalized spacial score (nSPS) is 16.0. The van der Waals surface area contributed by atoms with E-state index in [1.165, 1.54) is 29.3 Å². The van der Waals surface area contributed by atoms with Gasteiger partial charge in [-0.2, -0.15) is 0 Å². The molecule has 0 saturated carbocycles. The largest absolute Gasteiger partial charge is 0.469 e. The monoisotopic (exact) mass is 562 g/mol. The van der Waals surface area contributed by atoms with Gasteiger partial charge in [-0.05, 0) is 61.9 Å². The molecular weight excluding hydrogens is 520 g/mol. The second-order valence-electron chi connectivity index (χ2n) is 10.9. The van der Waals surface area contributed by atoms with E-state index in [1.807, 2.05) is 17.0 Å². The molecule has 1 unspecified atom stereocenters. The number of ether oxygens (including phenoxy) is 2. The van der Waals surface area contributed by atoms with Gasteiger partial charge in [0.1, 0.15) is 6.42 Å². The minimum Gasteiger partial charge on any atom is -0.469 e. The molecule has 1 aromatic heterocycles. The number of aryl methyl sites for hydroxylation is 2. The number of nitrogens with two attached hydrogens (primary N) is 1. The number of benzene rings is 2. The van der Waals surface area contributed by atoms with Crippen molar-refractivity contribution >= 4 is 34.4 Å². The number of nitrogens with zero attached hydrogens (tertiary/aromatic N) is 2. The SMILES string of the molecule is COCCCn1c(C2CCCN(C(=O)C[C@H](N)Cc3ccc(NC(=O)CC(=O)OC)cc3)C2)c(C)c2ccccc21. The van der Waals surface area contributed by atoms with Crippen LogP contribution in [0.2, 0.25) is 0 Å². The van der Waals surface area contributed by atoms with Crippen LogP contribution in [0.5, 0.6) is 0 Å². The molecular formula is C32H42N4O5. The highest BCUT2D eigenvalue weighted by Crippen LogP contribution is 2.36. The predicted molar refractivity (Wildman–Crippen MR) is 160 cm³/mol. The third-order valence-electron chi connectivity index (χ3n) is 7.87. The van der Waals surface area contributed by atoms with Crippen molar-refractivity contribution in [3.8, 4) is 0 Å². The smallest absolute Gasteiger partial charge is 0.315 e. The van der Waals surface area contributed by atoms with Crippen molar-refractivity contribution in [3.05, 3.63) is 65.4 Å². The summed E-state index contributed by atoms with van der Waals surface area (Å²) in [6.07, 6.45) is 3.45. The Kier molecular flexibility index (Phi) is 10.5. The Hall–Kier alpha value is -3.69. The summed E-state index contributed by atoms with van der Waals surface area (Å²) in [5, 5.41) is 3.95. The molecule has 1 fully saturated rings. The van der Waals surface area contributed by atoms with Gasteiger partial charge < -0.3 is 30.0 Å². The number of carbonyl (C=O) groups is 3. The molecule has 1 aliphatic heterocycles. The highest BCUT2D eigenvalue weighted by atomic mass is 16.5. The van der Waals surface area contributed by atoms with Crippen molar-refractivity contribution in [1.29, 1.82) is 0 Å². The molecule has 0 radical (unpaired) electrons. The first-order valence-electron chi connectivity index (χ1n) is 14.4. The van der Waals surface area contributed by atoms with E-state index in [0.717, 1.165) is 37.9 Å². The van der Waals surface area contributed by atoms with Crippen molar-refractivity contribution in [2.75, 3.05) is 39.2 Å².